The number of aromatic nitrogens is 1. The van der Waals surface area contributed by atoms with E-state index in [2.05, 4.69) is 72.5 Å². The lowest BCUT2D eigenvalue weighted by molar-refractivity contribution is 0.466. The number of fused-ring (bicyclic) bond motifs is 5. The summed E-state index contributed by atoms with van der Waals surface area (Å²) in [5.74, 6) is 0.462. The average Bonchev–Trinajstić information content (AvgIpc) is 3.15. The first kappa shape index (κ1) is 13.8. The number of hydrogen-bond donors (Lipinski definition) is 1. The van der Waals surface area contributed by atoms with E-state index in [0.29, 0.717) is 12.0 Å². The highest BCUT2D eigenvalue weighted by Crippen LogP contribution is 2.41. The van der Waals surface area contributed by atoms with E-state index in [4.69, 9.17) is 5.10 Å². The lowest BCUT2D eigenvalue weighted by Gasteiger charge is -2.25. The van der Waals surface area contributed by atoms with Gasteiger partial charge in [0, 0.05) is 23.9 Å². The highest BCUT2D eigenvalue weighted by Gasteiger charge is 2.39. The zero-order valence-electron chi connectivity index (χ0n) is 14.1. The second-order valence-corrected chi connectivity index (χ2v) is 7.07. The van der Waals surface area contributed by atoms with Gasteiger partial charge in [-0.15, -0.1) is 0 Å². The molecule has 5 rings (SSSR count). The van der Waals surface area contributed by atoms with Crippen molar-refractivity contribution in [1.82, 2.24) is 9.99 Å². The lowest BCUT2D eigenvalue weighted by atomic mass is 9.79. The minimum Gasteiger partial charge on any atom is -0.342 e. The molecule has 0 saturated heterocycles. The molecular formula is C21H21N3. The molecule has 1 N–H and O–H groups in total. The quantitative estimate of drug-likeness (QED) is 0.720. The van der Waals surface area contributed by atoms with Gasteiger partial charge in [0.2, 0.25) is 0 Å². The predicted octanol–water partition coefficient (Wildman–Crippen LogP) is 4.10. The summed E-state index contributed by atoms with van der Waals surface area (Å²) < 4.78 is 2.34. The lowest BCUT2D eigenvalue weighted by Crippen LogP contribution is -2.27. The van der Waals surface area contributed by atoms with Crippen LogP contribution in [0, 0.1) is 12.8 Å². The van der Waals surface area contributed by atoms with Crippen molar-refractivity contribution < 1.29 is 0 Å². The van der Waals surface area contributed by atoms with Gasteiger partial charge in [0.1, 0.15) is 0 Å². The molecule has 1 aromatic heterocycles. The third-order valence-corrected chi connectivity index (χ3v) is 5.64. The number of aryl methyl sites for hydroxylation is 3. The SMILES string of the molecule is Cc1ccc2c(c1)c1c(n2C)C2=NN[C@H](c3ccccc3)[C@@H]2CC1. The fraction of sp³-hybridized carbons (Fsp3) is 0.286. The normalized spacial score (nSPS) is 22.0. The molecule has 120 valence electrons. The van der Waals surface area contributed by atoms with E-state index >= 15 is 0 Å². The minimum absolute atomic E-state index is 0.300. The van der Waals surface area contributed by atoms with Gasteiger partial charge in [-0.25, -0.2) is 0 Å². The molecule has 2 atom stereocenters. The van der Waals surface area contributed by atoms with Crippen molar-refractivity contribution in [2.75, 3.05) is 0 Å². The van der Waals surface area contributed by atoms with Crippen LogP contribution in [-0.2, 0) is 13.5 Å². The zero-order valence-corrected chi connectivity index (χ0v) is 14.1. The van der Waals surface area contributed by atoms with Crippen LogP contribution in [0.25, 0.3) is 10.9 Å². The molecule has 3 heteroatoms. The number of hydrazone groups is 1. The van der Waals surface area contributed by atoms with Crippen LogP contribution in [0.2, 0.25) is 0 Å². The van der Waals surface area contributed by atoms with Gasteiger partial charge in [0.25, 0.3) is 0 Å². The highest BCUT2D eigenvalue weighted by atomic mass is 15.3. The third-order valence-electron chi connectivity index (χ3n) is 5.64. The molecule has 0 spiro atoms. The van der Waals surface area contributed by atoms with Crippen molar-refractivity contribution in [2.24, 2.45) is 18.1 Å². The Morgan fingerprint density at radius 2 is 1.96 bits per heavy atom. The summed E-state index contributed by atoms with van der Waals surface area (Å²) >= 11 is 0. The fourth-order valence-corrected chi connectivity index (χ4v) is 4.48. The number of benzene rings is 2. The van der Waals surface area contributed by atoms with Gasteiger partial charge in [-0.3, -0.25) is 0 Å². The molecule has 1 aliphatic heterocycles. The van der Waals surface area contributed by atoms with Crippen LogP contribution in [0.15, 0.2) is 53.6 Å². The summed E-state index contributed by atoms with van der Waals surface area (Å²) in [6.45, 7) is 2.17. The van der Waals surface area contributed by atoms with Gasteiger partial charge in [-0.2, -0.15) is 5.10 Å². The standard InChI is InChI=1S/C21H21N3/c1-13-8-11-18-17(12-13)15-9-10-16-19(14-6-4-3-5-7-14)22-23-20(16)21(15)24(18)2/h3-8,11-12,16,19,22H,9-10H2,1-2H3/t16-,19+/m0/s1. The largest absolute Gasteiger partial charge is 0.342 e. The van der Waals surface area contributed by atoms with E-state index < -0.39 is 0 Å². The van der Waals surface area contributed by atoms with Crippen LogP contribution < -0.4 is 5.43 Å². The Bertz CT molecular complexity index is 966. The van der Waals surface area contributed by atoms with E-state index in [1.165, 1.54) is 39.0 Å². The Labute approximate surface area is 142 Å². The fourth-order valence-electron chi connectivity index (χ4n) is 4.48. The molecule has 24 heavy (non-hydrogen) atoms. The van der Waals surface area contributed by atoms with Gasteiger partial charge in [0.05, 0.1) is 17.4 Å². The summed E-state index contributed by atoms with van der Waals surface area (Å²) in [4.78, 5) is 0. The van der Waals surface area contributed by atoms with Crippen LogP contribution in [0.1, 0.15) is 34.8 Å². The van der Waals surface area contributed by atoms with Gasteiger partial charge in [0.15, 0.2) is 0 Å². The van der Waals surface area contributed by atoms with Crippen molar-refractivity contribution in [3.05, 3.63) is 70.9 Å². The Kier molecular flexibility index (Phi) is 2.87. The third kappa shape index (κ3) is 1.81. The van der Waals surface area contributed by atoms with Crippen molar-refractivity contribution in [3.8, 4) is 0 Å². The average molecular weight is 315 g/mol. The van der Waals surface area contributed by atoms with E-state index in [9.17, 15) is 0 Å². The van der Waals surface area contributed by atoms with Crippen LogP contribution in [-0.4, -0.2) is 10.3 Å². The van der Waals surface area contributed by atoms with E-state index in [0.717, 1.165) is 12.8 Å². The Hall–Kier alpha value is -2.55. The van der Waals surface area contributed by atoms with E-state index in [-0.39, 0.29) is 0 Å². The molecule has 3 nitrogen and oxygen atoms in total. The van der Waals surface area contributed by atoms with Gasteiger partial charge in [-0.1, -0.05) is 42.0 Å². The molecule has 3 aromatic rings. The predicted molar refractivity (Wildman–Crippen MR) is 98.3 cm³/mol. The molecule has 2 heterocycles. The summed E-state index contributed by atoms with van der Waals surface area (Å²) in [5, 5.41) is 6.18. The first-order chi connectivity index (χ1) is 11.7. The Morgan fingerprint density at radius 1 is 1.12 bits per heavy atom. The number of hydrogen-bond acceptors (Lipinski definition) is 2. The summed E-state index contributed by atoms with van der Waals surface area (Å²) in [6, 6.07) is 17.8. The minimum atomic E-state index is 0.300. The van der Waals surface area contributed by atoms with E-state index in [1.807, 2.05) is 0 Å². The topological polar surface area (TPSA) is 29.3 Å². The number of nitrogens with zero attached hydrogens (tertiary/aromatic N) is 2. The van der Waals surface area contributed by atoms with Crippen molar-refractivity contribution in [1.29, 1.82) is 0 Å². The molecule has 2 aliphatic rings. The molecule has 1 aliphatic carbocycles. The molecule has 0 fully saturated rings. The molecule has 0 amide bonds. The molecule has 0 unspecified atom stereocenters. The first-order valence-electron chi connectivity index (χ1n) is 8.70. The van der Waals surface area contributed by atoms with Gasteiger partial charge in [-0.05, 0) is 43.0 Å². The molecule has 0 saturated carbocycles. The second kappa shape index (κ2) is 4.97. The monoisotopic (exact) mass is 315 g/mol. The molecule has 0 radical (unpaired) electrons. The summed E-state index contributed by atoms with van der Waals surface area (Å²) in [7, 11) is 2.18. The smallest absolute Gasteiger partial charge is 0.0898 e. The van der Waals surface area contributed by atoms with Gasteiger partial charge < -0.3 is 9.99 Å². The zero-order chi connectivity index (χ0) is 16.3. The van der Waals surface area contributed by atoms with Crippen molar-refractivity contribution >= 4 is 16.6 Å². The molecular weight excluding hydrogens is 294 g/mol. The van der Waals surface area contributed by atoms with Crippen LogP contribution in [0.3, 0.4) is 0 Å². The highest BCUT2D eigenvalue weighted by molar-refractivity contribution is 6.09. The summed E-state index contributed by atoms with van der Waals surface area (Å²) in [5.41, 5.74) is 11.4. The first-order valence-corrected chi connectivity index (χ1v) is 8.70. The Morgan fingerprint density at radius 3 is 2.79 bits per heavy atom. The van der Waals surface area contributed by atoms with Crippen LogP contribution in [0.4, 0.5) is 0 Å². The van der Waals surface area contributed by atoms with Crippen LogP contribution in [0.5, 0.6) is 0 Å². The van der Waals surface area contributed by atoms with E-state index in [1.54, 1.807) is 0 Å². The Balaban J connectivity index is 1.64. The maximum absolute atomic E-state index is 4.78. The second-order valence-electron chi connectivity index (χ2n) is 7.07. The number of rotatable bonds is 1. The molecule has 2 aromatic carbocycles. The maximum atomic E-state index is 4.78. The van der Waals surface area contributed by atoms with Gasteiger partial charge >= 0.3 is 0 Å². The summed E-state index contributed by atoms with van der Waals surface area (Å²) in [6.07, 6.45) is 2.29. The number of nitrogens with one attached hydrogen (secondary N) is 1. The molecule has 0 bridgehead atoms. The van der Waals surface area contributed by atoms with Crippen LogP contribution >= 0.6 is 0 Å². The maximum Gasteiger partial charge on any atom is 0.0898 e. The van der Waals surface area contributed by atoms with Crippen molar-refractivity contribution in [3.63, 3.8) is 0 Å². The van der Waals surface area contributed by atoms with Crippen molar-refractivity contribution in [2.45, 2.75) is 25.8 Å².